The van der Waals surface area contributed by atoms with Crippen LogP contribution in [0.15, 0.2) is 12.3 Å². The minimum absolute atomic E-state index is 0.380. The molecule has 1 aromatic carbocycles. The minimum Gasteiger partial charge on any atom is -0.478 e. The first kappa shape index (κ1) is 11.7. The second-order valence-corrected chi connectivity index (χ2v) is 4.82. The average Bonchev–Trinajstić information content (AvgIpc) is 2.67. The number of hydrogen-bond donors (Lipinski definition) is 2. The molecule has 0 fully saturated rings. The third-order valence-electron chi connectivity index (χ3n) is 3.30. The number of fused-ring (bicyclic) bond motifs is 1. The fraction of sp³-hybridized carbons (Fsp3) is 0.357. The van der Waals surface area contributed by atoms with Crippen LogP contribution in [0, 0.1) is 13.8 Å². The highest BCUT2D eigenvalue weighted by atomic mass is 16.4. The molecule has 2 N–H and O–H groups in total. The molecule has 0 radical (unpaired) electrons. The first-order valence-electron chi connectivity index (χ1n) is 5.78. The molecule has 0 atom stereocenters. The van der Waals surface area contributed by atoms with Crippen molar-refractivity contribution >= 4 is 16.9 Å². The maximum Gasteiger partial charge on any atom is 0.335 e. The molecule has 1 heterocycles. The first-order valence-corrected chi connectivity index (χ1v) is 5.78. The van der Waals surface area contributed by atoms with E-state index >= 15 is 0 Å². The second kappa shape index (κ2) is 3.91. The van der Waals surface area contributed by atoms with Gasteiger partial charge in [-0.05, 0) is 42.5 Å². The third kappa shape index (κ3) is 1.71. The fourth-order valence-corrected chi connectivity index (χ4v) is 2.36. The average molecular weight is 231 g/mol. The molecule has 0 saturated heterocycles. The molecule has 2 aromatic rings. The van der Waals surface area contributed by atoms with Gasteiger partial charge in [-0.1, -0.05) is 13.8 Å². The van der Waals surface area contributed by atoms with Crippen LogP contribution in [0.1, 0.15) is 46.8 Å². The van der Waals surface area contributed by atoms with Crippen molar-refractivity contribution in [2.24, 2.45) is 0 Å². The van der Waals surface area contributed by atoms with E-state index in [9.17, 15) is 9.90 Å². The van der Waals surface area contributed by atoms with Crippen LogP contribution < -0.4 is 0 Å². The van der Waals surface area contributed by atoms with Gasteiger partial charge in [0.2, 0.25) is 0 Å². The van der Waals surface area contributed by atoms with E-state index in [1.54, 1.807) is 6.07 Å². The van der Waals surface area contributed by atoms with Crippen molar-refractivity contribution in [2.45, 2.75) is 33.6 Å². The Kier molecular flexibility index (Phi) is 2.69. The summed E-state index contributed by atoms with van der Waals surface area (Å²) in [7, 11) is 0. The molecular weight excluding hydrogens is 214 g/mol. The van der Waals surface area contributed by atoms with E-state index in [0.717, 1.165) is 22.0 Å². The lowest BCUT2D eigenvalue weighted by molar-refractivity contribution is 0.0696. The smallest absolute Gasteiger partial charge is 0.335 e. The lowest BCUT2D eigenvalue weighted by Crippen LogP contribution is -2.02. The number of aromatic amines is 1. The van der Waals surface area contributed by atoms with E-state index in [0.29, 0.717) is 11.5 Å². The summed E-state index contributed by atoms with van der Waals surface area (Å²) in [6.07, 6.45) is 1.99. The van der Waals surface area contributed by atoms with E-state index < -0.39 is 5.97 Å². The predicted octanol–water partition coefficient (Wildman–Crippen LogP) is 3.61. The maximum atomic E-state index is 11.2. The summed E-state index contributed by atoms with van der Waals surface area (Å²) < 4.78 is 0. The molecule has 3 heteroatoms. The molecule has 0 aliphatic heterocycles. The zero-order chi connectivity index (χ0) is 12.7. The molecular formula is C14H17NO2. The topological polar surface area (TPSA) is 53.1 Å². The Balaban J connectivity index is 2.89. The summed E-state index contributed by atoms with van der Waals surface area (Å²) in [5, 5.41) is 10.3. The number of hydrogen-bond acceptors (Lipinski definition) is 1. The number of rotatable bonds is 2. The molecule has 1 aromatic heterocycles. The largest absolute Gasteiger partial charge is 0.478 e. The lowest BCUT2D eigenvalue weighted by Gasteiger charge is -2.09. The van der Waals surface area contributed by atoms with Gasteiger partial charge in [0.05, 0.1) is 5.56 Å². The van der Waals surface area contributed by atoms with Crippen LogP contribution in [0.2, 0.25) is 0 Å². The van der Waals surface area contributed by atoms with Crippen LogP contribution >= 0.6 is 0 Å². The van der Waals surface area contributed by atoms with Gasteiger partial charge < -0.3 is 10.1 Å². The third-order valence-corrected chi connectivity index (χ3v) is 3.30. The molecule has 0 aliphatic carbocycles. The number of carbonyl (C=O) groups is 1. The molecule has 0 aliphatic rings. The van der Waals surface area contributed by atoms with Gasteiger partial charge in [0.15, 0.2) is 0 Å². The van der Waals surface area contributed by atoms with Crippen LogP contribution in [0.4, 0.5) is 0 Å². The number of benzene rings is 1. The highest BCUT2D eigenvalue weighted by Crippen LogP contribution is 2.32. The van der Waals surface area contributed by atoms with Gasteiger partial charge in [-0.2, -0.15) is 0 Å². The van der Waals surface area contributed by atoms with Gasteiger partial charge in [-0.25, -0.2) is 4.79 Å². The summed E-state index contributed by atoms with van der Waals surface area (Å²) >= 11 is 0. The first-order chi connectivity index (χ1) is 7.93. The van der Waals surface area contributed by atoms with E-state index in [1.165, 1.54) is 5.56 Å². The Hall–Kier alpha value is -1.77. The van der Waals surface area contributed by atoms with Gasteiger partial charge in [0.25, 0.3) is 0 Å². The highest BCUT2D eigenvalue weighted by molar-refractivity contribution is 5.99. The molecule has 0 spiro atoms. The maximum absolute atomic E-state index is 11.2. The Morgan fingerprint density at radius 1 is 1.35 bits per heavy atom. The minimum atomic E-state index is -0.858. The van der Waals surface area contributed by atoms with Crippen LogP contribution in [-0.4, -0.2) is 16.1 Å². The quantitative estimate of drug-likeness (QED) is 0.829. The van der Waals surface area contributed by atoms with Crippen molar-refractivity contribution in [2.75, 3.05) is 0 Å². The number of carboxylic acid groups (broad SMARTS) is 1. The van der Waals surface area contributed by atoms with Crippen LogP contribution in [0.25, 0.3) is 10.9 Å². The van der Waals surface area contributed by atoms with Gasteiger partial charge in [0, 0.05) is 17.1 Å². The van der Waals surface area contributed by atoms with Crippen molar-refractivity contribution in [1.82, 2.24) is 4.98 Å². The summed E-state index contributed by atoms with van der Waals surface area (Å²) in [5.74, 6) is -0.477. The van der Waals surface area contributed by atoms with E-state index in [-0.39, 0.29) is 0 Å². The summed E-state index contributed by atoms with van der Waals surface area (Å²) in [5.41, 5.74) is 4.47. The standard InChI is InChI=1S/C14H17NO2/c1-7(2)11-6-15-13-8(3)5-10(14(16)17)9(4)12(11)13/h5-7,15H,1-4H3,(H,16,17). The van der Waals surface area contributed by atoms with Gasteiger partial charge >= 0.3 is 5.97 Å². The molecule has 0 amide bonds. The monoisotopic (exact) mass is 231 g/mol. The molecule has 90 valence electrons. The number of nitrogens with one attached hydrogen (secondary N) is 1. The van der Waals surface area contributed by atoms with Crippen LogP contribution in [-0.2, 0) is 0 Å². The van der Waals surface area contributed by atoms with Crippen LogP contribution in [0.3, 0.4) is 0 Å². The van der Waals surface area contributed by atoms with Crippen LogP contribution in [0.5, 0.6) is 0 Å². The molecule has 2 rings (SSSR count). The SMILES string of the molecule is Cc1cc(C(=O)O)c(C)c2c(C(C)C)c[nH]c12. The van der Waals surface area contributed by atoms with Gasteiger partial charge in [-0.15, -0.1) is 0 Å². The molecule has 0 unspecified atom stereocenters. The molecule has 3 nitrogen and oxygen atoms in total. The van der Waals surface area contributed by atoms with Crippen molar-refractivity contribution in [3.8, 4) is 0 Å². The summed E-state index contributed by atoms with van der Waals surface area (Å²) in [4.78, 5) is 14.5. The zero-order valence-electron chi connectivity index (χ0n) is 10.6. The van der Waals surface area contributed by atoms with Gasteiger partial charge in [-0.3, -0.25) is 0 Å². The summed E-state index contributed by atoms with van der Waals surface area (Å²) in [6, 6.07) is 1.74. The highest BCUT2D eigenvalue weighted by Gasteiger charge is 2.17. The van der Waals surface area contributed by atoms with E-state index in [1.807, 2.05) is 20.0 Å². The van der Waals surface area contributed by atoms with Crippen molar-refractivity contribution in [3.05, 3.63) is 34.5 Å². The van der Waals surface area contributed by atoms with Crippen molar-refractivity contribution in [1.29, 1.82) is 0 Å². The number of aromatic nitrogens is 1. The van der Waals surface area contributed by atoms with E-state index in [4.69, 9.17) is 0 Å². The summed E-state index contributed by atoms with van der Waals surface area (Å²) in [6.45, 7) is 8.05. The molecule has 0 saturated carbocycles. The van der Waals surface area contributed by atoms with Crippen molar-refractivity contribution in [3.63, 3.8) is 0 Å². The fourth-order valence-electron chi connectivity index (χ4n) is 2.36. The Labute approximate surface area is 100 Å². The van der Waals surface area contributed by atoms with Crippen molar-refractivity contribution < 1.29 is 9.90 Å². The molecule has 0 bridgehead atoms. The Bertz CT molecular complexity index is 594. The second-order valence-electron chi connectivity index (χ2n) is 4.82. The Morgan fingerprint density at radius 2 is 2.00 bits per heavy atom. The normalized spacial score (nSPS) is 11.4. The number of H-pyrrole nitrogens is 1. The number of aromatic carboxylic acids is 1. The van der Waals surface area contributed by atoms with E-state index in [2.05, 4.69) is 18.8 Å². The Morgan fingerprint density at radius 3 is 2.53 bits per heavy atom. The predicted molar refractivity (Wildman–Crippen MR) is 68.8 cm³/mol. The van der Waals surface area contributed by atoms with Gasteiger partial charge in [0.1, 0.15) is 0 Å². The number of carboxylic acids is 1. The zero-order valence-corrected chi connectivity index (χ0v) is 10.6. The lowest BCUT2D eigenvalue weighted by atomic mass is 9.94. The number of aryl methyl sites for hydroxylation is 2. The molecule has 17 heavy (non-hydrogen) atoms.